The molecule has 1 aromatic carbocycles. The number of aromatic nitrogens is 2. The molecule has 4 rings (SSSR count). The Morgan fingerprint density at radius 1 is 0.867 bits per heavy atom. The van der Waals surface area contributed by atoms with E-state index in [1.165, 1.54) is 11.9 Å². The van der Waals surface area contributed by atoms with E-state index < -0.39 is 0 Å². The molecule has 1 amide bonds. The van der Waals surface area contributed by atoms with Crippen LogP contribution in [0.15, 0.2) is 60.9 Å². The fraction of sp³-hybridized carbons (Fsp3) is 0.261. The van der Waals surface area contributed by atoms with E-state index in [1.54, 1.807) is 19.2 Å². The van der Waals surface area contributed by atoms with Crippen LogP contribution in [0.25, 0.3) is 0 Å². The van der Waals surface area contributed by atoms with Crippen LogP contribution in [0.1, 0.15) is 16.1 Å². The van der Waals surface area contributed by atoms with Gasteiger partial charge in [-0.15, -0.1) is 0 Å². The number of piperazine rings is 1. The molecule has 0 aliphatic carbocycles. The summed E-state index contributed by atoms with van der Waals surface area (Å²) in [6.07, 6.45) is 3.45. The average Bonchev–Trinajstić information content (AvgIpc) is 2.80. The van der Waals surface area contributed by atoms with Crippen LogP contribution in [-0.2, 0) is 0 Å². The molecule has 7 nitrogen and oxygen atoms in total. The average molecular weight is 403 g/mol. The van der Waals surface area contributed by atoms with Crippen LogP contribution < -0.4 is 19.9 Å². The maximum atomic E-state index is 12.4. The van der Waals surface area contributed by atoms with Crippen molar-refractivity contribution in [2.45, 2.75) is 6.92 Å². The first-order valence-electron chi connectivity index (χ1n) is 9.96. The molecular weight excluding hydrogens is 378 g/mol. The van der Waals surface area contributed by atoms with Gasteiger partial charge in [0, 0.05) is 55.5 Å². The van der Waals surface area contributed by atoms with Gasteiger partial charge in [0.05, 0.1) is 24.6 Å². The van der Waals surface area contributed by atoms with Gasteiger partial charge in [-0.05, 0) is 49.4 Å². The van der Waals surface area contributed by atoms with E-state index in [2.05, 4.69) is 37.2 Å². The molecule has 0 unspecified atom stereocenters. The summed E-state index contributed by atoms with van der Waals surface area (Å²) in [6, 6.07) is 15.5. The zero-order valence-corrected chi connectivity index (χ0v) is 17.2. The Morgan fingerprint density at radius 2 is 1.53 bits per heavy atom. The normalized spacial score (nSPS) is 13.8. The van der Waals surface area contributed by atoms with Crippen molar-refractivity contribution in [2.24, 2.45) is 0 Å². The number of hydrogen-bond acceptors (Lipinski definition) is 6. The van der Waals surface area contributed by atoms with Crippen LogP contribution in [-0.4, -0.2) is 49.2 Å². The first kappa shape index (κ1) is 19.7. The number of benzene rings is 1. The van der Waals surface area contributed by atoms with Crippen molar-refractivity contribution in [1.82, 2.24) is 9.97 Å². The van der Waals surface area contributed by atoms with Gasteiger partial charge in [0.25, 0.3) is 5.91 Å². The van der Waals surface area contributed by atoms with Crippen molar-refractivity contribution in [3.63, 3.8) is 0 Å². The number of nitrogens with one attached hydrogen (secondary N) is 1. The van der Waals surface area contributed by atoms with Gasteiger partial charge >= 0.3 is 0 Å². The first-order valence-corrected chi connectivity index (χ1v) is 9.96. The lowest BCUT2D eigenvalue weighted by Gasteiger charge is -2.37. The summed E-state index contributed by atoms with van der Waals surface area (Å²) in [6.45, 7) is 5.79. The van der Waals surface area contributed by atoms with Gasteiger partial charge in [-0.25, -0.2) is 4.98 Å². The SMILES string of the molecule is COc1ccc(C(=O)Nc2ccc(N3CCN(c4ccc(C)nc4)CC3)cc2)cn1. The number of rotatable bonds is 5. The van der Waals surface area contributed by atoms with Crippen LogP contribution in [0, 0.1) is 6.92 Å². The molecule has 154 valence electrons. The lowest BCUT2D eigenvalue weighted by molar-refractivity contribution is 0.102. The Morgan fingerprint density at radius 3 is 2.10 bits per heavy atom. The molecular formula is C23H25N5O2. The van der Waals surface area contributed by atoms with Gasteiger partial charge in [-0.1, -0.05) is 0 Å². The number of carbonyl (C=O) groups excluding carboxylic acids is 1. The summed E-state index contributed by atoms with van der Waals surface area (Å²) >= 11 is 0. The highest BCUT2D eigenvalue weighted by atomic mass is 16.5. The molecule has 1 N–H and O–H groups in total. The van der Waals surface area contributed by atoms with Crippen LogP contribution in [0.4, 0.5) is 17.1 Å². The minimum atomic E-state index is -0.196. The van der Waals surface area contributed by atoms with Gasteiger partial charge in [0.1, 0.15) is 0 Å². The molecule has 3 heterocycles. The van der Waals surface area contributed by atoms with Crippen LogP contribution in [0.2, 0.25) is 0 Å². The smallest absolute Gasteiger partial charge is 0.257 e. The number of carbonyl (C=O) groups is 1. The topological polar surface area (TPSA) is 70.6 Å². The lowest BCUT2D eigenvalue weighted by Crippen LogP contribution is -2.46. The Kier molecular flexibility index (Phi) is 5.79. The largest absolute Gasteiger partial charge is 0.481 e. The molecule has 30 heavy (non-hydrogen) atoms. The van der Waals surface area contributed by atoms with Crippen LogP contribution in [0.3, 0.4) is 0 Å². The highest BCUT2D eigenvalue weighted by molar-refractivity contribution is 6.04. The second kappa shape index (κ2) is 8.82. The minimum Gasteiger partial charge on any atom is -0.481 e. The summed E-state index contributed by atoms with van der Waals surface area (Å²) in [5, 5.41) is 2.91. The predicted octanol–water partition coefficient (Wildman–Crippen LogP) is 3.37. The lowest BCUT2D eigenvalue weighted by atomic mass is 10.2. The summed E-state index contributed by atoms with van der Waals surface area (Å²) < 4.78 is 5.02. The molecule has 3 aromatic rings. The number of nitrogens with zero attached hydrogens (tertiary/aromatic N) is 4. The Labute approximate surface area is 176 Å². The fourth-order valence-electron chi connectivity index (χ4n) is 3.46. The number of amides is 1. The summed E-state index contributed by atoms with van der Waals surface area (Å²) in [7, 11) is 1.54. The van der Waals surface area contributed by atoms with Crippen molar-refractivity contribution in [3.05, 3.63) is 72.2 Å². The standard InChI is InChI=1S/C23H25N5O2/c1-17-3-7-21(16-24-17)28-13-11-27(12-14-28)20-8-5-19(6-9-20)26-23(29)18-4-10-22(30-2)25-15-18/h3-10,15-16H,11-14H2,1-2H3,(H,26,29). The molecule has 1 aliphatic rings. The van der Waals surface area contributed by atoms with Crippen molar-refractivity contribution < 1.29 is 9.53 Å². The molecule has 7 heteroatoms. The monoisotopic (exact) mass is 403 g/mol. The number of aryl methyl sites for hydroxylation is 1. The summed E-state index contributed by atoms with van der Waals surface area (Å²) in [5.41, 5.74) is 4.60. The minimum absolute atomic E-state index is 0.196. The molecule has 0 bridgehead atoms. The summed E-state index contributed by atoms with van der Waals surface area (Å²) in [5.74, 6) is 0.285. The van der Waals surface area contributed by atoms with E-state index in [0.717, 1.165) is 43.2 Å². The van der Waals surface area contributed by atoms with E-state index >= 15 is 0 Å². The third kappa shape index (κ3) is 4.51. The summed E-state index contributed by atoms with van der Waals surface area (Å²) in [4.78, 5) is 25.6. The molecule has 1 aliphatic heterocycles. The number of pyridine rings is 2. The van der Waals surface area contributed by atoms with Crippen LogP contribution >= 0.6 is 0 Å². The number of ether oxygens (including phenoxy) is 1. The second-order valence-electron chi connectivity index (χ2n) is 7.22. The molecule has 2 aromatic heterocycles. The maximum absolute atomic E-state index is 12.4. The number of anilines is 3. The maximum Gasteiger partial charge on any atom is 0.257 e. The highest BCUT2D eigenvalue weighted by Gasteiger charge is 2.18. The highest BCUT2D eigenvalue weighted by Crippen LogP contribution is 2.22. The molecule has 0 saturated carbocycles. The molecule has 0 atom stereocenters. The third-order valence-electron chi connectivity index (χ3n) is 5.24. The van der Waals surface area contributed by atoms with Crippen LogP contribution in [0.5, 0.6) is 5.88 Å². The molecule has 1 fully saturated rings. The molecule has 0 spiro atoms. The van der Waals surface area contributed by atoms with Gasteiger partial charge in [0.15, 0.2) is 0 Å². The first-order chi connectivity index (χ1) is 14.6. The van der Waals surface area contributed by atoms with Gasteiger partial charge < -0.3 is 19.9 Å². The molecule has 0 radical (unpaired) electrons. The van der Waals surface area contributed by atoms with Gasteiger partial charge in [0.2, 0.25) is 5.88 Å². The van der Waals surface area contributed by atoms with E-state index in [4.69, 9.17) is 4.74 Å². The van der Waals surface area contributed by atoms with E-state index in [1.807, 2.05) is 37.4 Å². The van der Waals surface area contributed by atoms with Crippen molar-refractivity contribution in [2.75, 3.05) is 48.4 Å². The number of methoxy groups -OCH3 is 1. The fourth-order valence-corrected chi connectivity index (χ4v) is 3.46. The van der Waals surface area contributed by atoms with E-state index in [0.29, 0.717) is 11.4 Å². The Balaban J connectivity index is 1.33. The quantitative estimate of drug-likeness (QED) is 0.704. The Bertz CT molecular complexity index is 980. The van der Waals surface area contributed by atoms with E-state index in [9.17, 15) is 4.79 Å². The number of hydrogen-bond donors (Lipinski definition) is 1. The van der Waals surface area contributed by atoms with Crippen molar-refractivity contribution >= 4 is 23.0 Å². The van der Waals surface area contributed by atoms with E-state index in [-0.39, 0.29) is 5.91 Å². The Hall–Kier alpha value is -3.61. The van der Waals surface area contributed by atoms with Crippen molar-refractivity contribution in [3.8, 4) is 5.88 Å². The van der Waals surface area contributed by atoms with Gasteiger partial charge in [-0.2, -0.15) is 0 Å². The second-order valence-corrected chi connectivity index (χ2v) is 7.22. The zero-order chi connectivity index (χ0) is 20.9. The predicted molar refractivity (Wildman–Crippen MR) is 119 cm³/mol. The zero-order valence-electron chi connectivity index (χ0n) is 17.2. The third-order valence-corrected chi connectivity index (χ3v) is 5.24. The van der Waals surface area contributed by atoms with Crippen molar-refractivity contribution in [1.29, 1.82) is 0 Å². The van der Waals surface area contributed by atoms with Gasteiger partial charge in [-0.3, -0.25) is 9.78 Å². The molecule has 1 saturated heterocycles.